The molecule has 0 fully saturated rings. The number of aryl methyl sites for hydroxylation is 1. The fourth-order valence-electron chi connectivity index (χ4n) is 2.24. The summed E-state index contributed by atoms with van der Waals surface area (Å²) >= 11 is 1.32. The summed E-state index contributed by atoms with van der Waals surface area (Å²) in [6.45, 7) is 1.79. The molecule has 6 nitrogen and oxygen atoms in total. The molecule has 0 atom stereocenters. The van der Waals surface area contributed by atoms with E-state index in [0.29, 0.717) is 21.9 Å². The van der Waals surface area contributed by atoms with Crippen molar-refractivity contribution in [1.29, 1.82) is 0 Å². The van der Waals surface area contributed by atoms with E-state index in [0.717, 1.165) is 0 Å². The quantitative estimate of drug-likeness (QED) is 0.748. The lowest BCUT2D eigenvalue weighted by molar-refractivity contribution is 0.102. The number of benzene rings is 1. The van der Waals surface area contributed by atoms with Gasteiger partial charge in [-0.2, -0.15) is 5.10 Å². The van der Waals surface area contributed by atoms with E-state index in [1.165, 1.54) is 16.2 Å². The van der Waals surface area contributed by atoms with E-state index in [1.54, 1.807) is 43.3 Å². The maximum absolute atomic E-state index is 12.7. The maximum Gasteiger partial charge on any atom is 0.281 e. The number of nitrogens with zero attached hydrogens (tertiary/aromatic N) is 3. The number of anilines is 1. The van der Waals surface area contributed by atoms with Gasteiger partial charge < -0.3 is 5.32 Å². The highest BCUT2D eigenvalue weighted by atomic mass is 32.2. The molecule has 0 bridgehead atoms. The van der Waals surface area contributed by atoms with Crippen LogP contribution in [-0.2, 0) is 0 Å². The van der Waals surface area contributed by atoms with E-state index in [-0.39, 0.29) is 17.2 Å². The number of amides is 1. The third kappa shape index (κ3) is 2.83. The van der Waals surface area contributed by atoms with E-state index in [1.807, 2.05) is 12.3 Å². The van der Waals surface area contributed by atoms with E-state index in [9.17, 15) is 9.59 Å². The summed E-state index contributed by atoms with van der Waals surface area (Å²) in [6, 6.07) is 12.1. The van der Waals surface area contributed by atoms with Crippen LogP contribution in [0.3, 0.4) is 0 Å². The molecule has 0 radical (unpaired) electrons. The minimum Gasteiger partial charge on any atom is -0.317 e. The predicted molar refractivity (Wildman–Crippen MR) is 90.2 cm³/mol. The van der Waals surface area contributed by atoms with E-state index in [4.69, 9.17) is 0 Å². The van der Waals surface area contributed by atoms with Crippen molar-refractivity contribution in [2.24, 2.45) is 0 Å². The zero-order valence-corrected chi connectivity index (χ0v) is 13.4. The first-order valence-corrected chi connectivity index (χ1v) is 8.13. The second kappa shape index (κ2) is 6.21. The first-order valence-electron chi connectivity index (χ1n) is 6.91. The van der Waals surface area contributed by atoms with Crippen molar-refractivity contribution < 1.29 is 4.79 Å². The van der Waals surface area contributed by atoms with Crippen LogP contribution in [0.5, 0.6) is 0 Å². The van der Waals surface area contributed by atoms with Crippen molar-refractivity contribution in [3.05, 3.63) is 64.1 Å². The Morgan fingerprint density at radius 3 is 2.57 bits per heavy atom. The molecule has 2 aromatic heterocycles. The molecule has 0 saturated carbocycles. The molecule has 2 heterocycles. The predicted octanol–water partition coefficient (Wildman–Crippen LogP) is 2.37. The molecule has 7 heteroatoms. The van der Waals surface area contributed by atoms with Crippen molar-refractivity contribution in [2.75, 3.05) is 11.6 Å². The van der Waals surface area contributed by atoms with Crippen LogP contribution >= 0.6 is 11.8 Å². The third-order valence-corrected chi connectivity index (χ3v) is 4.03. The van der Waals surface area contributed by atoms with Gasteiger partial charge in [-0.1, -0.05) is 30.0 Å². The Kier molecular flexibility index (Phi) is 4.12. The summed E-state index contributed by atoms with van der Waals surface area (Å²) in [6.07, 6.45) is 1.82. The van der Waals surface area contributed by atoms with Crippen LogP contribution in [0.1, 0.15) is 16.1 Å². The lowest BCUT2D eigenvalue weighted by Gasteiger charge is -2.10. The van der Waals surface area contributed by atoms with Crippen LogP contribution in [0.15, 0.2) is 52.4 Å². The summed E-state index contributed by atoms with van der Waals surface area (Å²) < 4.78 is 1.47. The van der Waals surface area contributed by atoms with Gasteiger partial charge in [0, 0.05) is 5.56 Å². The first kappa shape index (κ1) is 15.2. The molecule has 23 heavy (non-hydrogen) atoms. The average Bonchev–Trinajstić information content (AvgIpc) is 2.58. The average molecular weight is 326 g/mol. The minimum absolute atomic E-state index is 0.207. The van der Waals surface area contributed by atoms with Gasteiger partial charge in [-0.05, 0) is 37.4 Å². The molecule has 1 amide bonds. The molecule has 1 N–H and O–H groups in total. The van der Waals surface area contributed by atoms with Crippen LogP contribution in [-0.4, -0.2) is 26.8 Å². The number of rotatable bonds is 3. The zero-order valence-electron chi connectivity index (χ0n) is 12.6. The van der Waals surface area contributed by atoms with E-state index in [2.05, 4.69) is 15.5 Å². The molecule has 1 aromatic carbocycles. The Labute approximate surface area is 136 Å². The number of aromatic nitrogens is 3. The van der Waals surface area contributed by atoms with Crippen LogP contribution < -0.4 is 10.9 Å². The molecule has 116 valence electrons. The molecule has 0 saturated heterocycles. The number of carbonyl (C=O) groups is 1. The Hall–Kier alpha value is -2.67. The van der Waals surface area contributed by atoms with Crippen molar-refractivity contribution in [3.63, 3.8) is 0 Å². The van der Waals surface area contributed by atoms with Gasteiger partial charge in [-0.3, -0.25) is 14.0 Å². The largest absolute Gasteiger partial charge is 0.317 e. The monoisotopic (exact) mass is 326 g/mol. The van der Waals surface area contributed by atoms with Crippen LogP contribution in [0.4, 0.5) is 5.69 Å². The topological polar surface area (TPSA) is 76.4 Å². The SMILES string of the molecule is CSc1nnc(C)c2ccc(NC(=O)c3ccccc3)c(=O)n12. The Balaban J connectivity index is 2.08. The summed E-state index contributed by atoms with van der Waals surface area (Å²) in [5.74, 6) is -0.327. The van der Waals surface area contributed by atoms with Crippen LogP contribution in [0, 0.1) is 6.92 Å². The summed E-state index contributed by atoms with van der Waals surface area (Å²) in [5, 5.41) is 11.2. The molecule has 0 spiro atoms. The number of thioether (sulfide) groups is 1. The van der Waals surface area contributed by atoms with Crippen molar-refractivity contribution >= 4 is 28.9 Å². The van der Waals surface area contributed by atoms with Crippen LogP contribution in [0.25, 0.3) is 5.52 Å². The van der Waals surface area contributed by atoms with Gasteiger partial charge >= 0.3 is 0 Å². The zero-order chi connectivity index (χ0) is 16.4. The number of pyridine rings is 1. The third-order valence-electron chi connectivity index (χ3n) is 3.40. The molecule has 3 aromatic rings. The van der Waals surface area contributed by atoms with Gasteiger partial charge in [0.15, 0.2) is 5.16 Å². The second-order valence-corrected chi connectivity index (χ2v) is 5.64. The number of hydrogen-bond donors (Lipinski definition) is 1. The van der Waals surface area contributed by atoms with Gasteiger partial charge in [0.1, 0.15) is 5.69 Å². The fraction of sp³-hybridized carbons (Fsp3) is 0.125. The van der Waals surface area contributed by atoms with Gasteiger partial charge in [0.05, 0.1) is 11.2 Å². The second-order valence-electron chi connectivity index (χ2n) is 4.87. The number of carbonyl (C=O) groups excluding carboxylic acids is 1. The highest BCUT2D eigenvalue weighted by Gasteiger charge is 2.13. The minimum atomic E-state index is -0.327. The molecule has 3 rings (SSSR count). The molecular weight excluding hydrogens is 312 g/mol. The number of nitrogens with one attached hydrogen (secondary N) is 1. The summed E-state index contributed by atoms with van der Waals surface area (Å²) in [5.41, 5.74) is 1.70. The van der Waals surface area contributed by atoms with Crippen molar-refractivity contribution in [1.82, 2.24) is 14.6 Å². The molecule has 0 unspecified atom stereocenters. The van der Waals surface area contributed by atoms with Crippen LogP contribution in [0.2, 0.25) is 0 Å². The van der Waals surface area contributed by atoms with Gasteiger partial charge in [-0.25, -0.2) is 0 Å². The van der Waals surface area contributed by atoms with Crippen molar-refractivity contribution in [2.45, 2.75) is 12.1 Å². The Morgan fingerprint density at radius 2 is 1.87 bits per heavy atom. The molecule has 0 aliphatic carbocycles. The lowest BCUT2D eigenvalue weighted by atomic mass is 10.2. The molecule has 0 aliphatic heterocycles. The first-order chi connectivity index (χ1) is 11.1. The maximum atomic E-state index is 12.7. The summed E-state index contributed by atoms with van der Waals surface area (Å²) in [7, 11) is 0. The highest BCUT2D eigenvalue weighted by molar-refractivity contribution is 7.98. The standard InChI is InChI=1S/C16H14N4O2S/c1-10-13-9-8-12(15(22)20(13)16(23-2)19-18-10)17-14(21)11-6-4-3-5-7-11/h3-9H,1-2H3,(H,17,21). The van der Waals surface area contributed by atoms with Crippen molar-refractivity contribution in [3.8, 4) is 0 Å². The number of hydrogen-bond acceptors (Lipinski definition) is 5. The van der Waals surface area contributed by atoms with E-state index < -0.39 is 0 Å². The van der Waals surface area contributed by atoms with Gasteiger partial charge in [-0.15, -0.1) is 5.10 Å². The summed E-state index contributed by atoms with van der Waals surface area (Å²) in [4.78, 5) is 24.9. The van der Waals surface area contributed by atoms with Gasteiger partial charge in [0.2, 0.25) is 0 Å². The smallest absolute Gasteiger partial charge is 0.281 e. The Morgan fingerprint density at radius 1 is 1.13 bits per heavy atom. The molecule has 0 aliphatic rings. The van der Waals surface area contributed by atoms with Gasteiger partial charge in [0.25, 0.3) is 11.5 Å². The molecular formula is C16H14N4O2S. The van der Waals surface area contributed by atoms with E-state index >= 15 is 0 Å². The fourth-order valence-corrected chi connectivity index (χ4v) is 2.72. The normalized spacial score (nSPS) is 10.7. The lowest BCUT2D eigenvalue weighted by Crippen LogP contribution is -2.24. The highest BCUT2D eigenvalue weighted by Crippen LogP contribution is 2.16. The Bertz CT molecular complexity index is 938. The number of fused-ring (bicyclic) bond motifs is 1.